The number of carbonyl (C=O) groups is 2. The summed E-state index contributed by atoms with van der Waals surface area (Å²) in [5, 5.41) is 7.59. The summed E-state index contributed by atoms with van der Waals surface area (Å²) < 4.78 is 5.10. The smallest absolute Gasteiger partial charge is 0.268 e. The summed E-state index contributed by atoms with van der Waals surface area (Å²) in [5.41, 5.74) is 0.688. The molecule has 2 amide bonds. The predicted octanol–water partition coefficient (Wildman–Crippen LogP) is 3.83. The Balaban J connectivity index is 2.17. The summed E-state index contributed by atoms with van der Waals surface area (Å²) in [6.45, 7) is 4.02. The first-order chi connectivity index (χ1) is 12.5. The molecule has 0 unspecified atom stereocenters. The van der Waals surface area contributed by atoms with E-state index in [0.29, 0.717) is 11.3 Å². The molecule has 2 aromatic rings. The molecule has 1 atom stereocenters. The second kappa shape index (κ2) is 9.77. The number of benzene rings is 1. The van der Waals surface area contributed by atoms with Crippen LogP contribution in [0.15, 0.2) is 47.5 Å². The molecule has 2 rings (SSSR count). The van der Waals surface area contributed by atoms with Crippen molar-refractivity contribution in [3.05, 3.63) is 57.9 Å². The first-order valence-corrected chi connectivity index (χ1v) is 9.43. The van der Waals surface area contributed by atoms with Crippen LogP contribution in [0.1, 0.15) is 41.9 Å². The number of thiophene rings is 1. The van der Waals surface area contributed by atoms with Gasteiger partial charge in [-0.15, -0.1) is 11.3 Å². The lowest BCUT2D eigenvalue weighted by atomic mass is 10.1. The first kappa shape index (κ1) is 19.7. The molecule has 0 aliphatic rings. The number of hydrogen-bond donors (Lipinski definition) is 2. The Kier molecular flexibility index (Phi) is 7.41. The lowest BCUT2D eigenvalue weighted by molar-refractivity contribution is -0.118. The zero-order valence-corrected chi connectivity index (χ0v) is 16.1. The van der Waals surface area contributed by atoms with E-state index < -0.39 is 0 Å². The molecule has 0 spiro atoms. The van der Waals surface area contributed by atoms with Gasteiger partial charge in [-0.2, -0.15) is 0 Å². The molecule has 1 heterocycles. The highest BCUT2D eigenvalue weighted by Gasteiger charge is 2.16. The molecule has 0 radical (unpaired) electrons. The minimum Gasteiger partial charge on any atom is -0.497 e. The Morgan fingerprint density at radius 2 is 1.96 bits per heavy atom. The van der Waals surface area contributed by atoms with Crippen molar-refractivity contribution in [3.63, 3.8) is 0 Å². The highest BCUT2D eigenvalue weighted by Crippen LogP contribution is 2.15. The normalized spacial score (nSPS) is 12.3. The van der Waals surface area contributed by atoms with Crippen LogP contribution in [-0.2, 0) is 4.79 Å². The maximum absolute atomic E-state index is 12.6. The zero-order chi connectivity index (χ0) is 18.9. The van der Waals surface area contributed by atoms with Crippen LogP contribution in [0, 0.1) is 0 Å². The number of rotatable bonds is 8. The zero-order valence-electron chi connectivity index (χ0n) is 15.2. The van der Waals surface area contributed by atoms with Crippen molar-refractivity contribution in [3.8, 4) is 5.75 Å². The highest BCUT2D eigenvalue weighted by atomic mass is 32.1. The number of hydrogen-bond acceptors (Lipinski definition) is 4. The van der Waals surface area contributed by atoms with E-state index in [1.54, 1.807) is 37.5 Å². The highest BCUT2D eigenvalue weighted by molar-refractivity contribution is 7.10. The molecule has 1 aromatic heterocycles. The molecule has 1 aromatic carbocycles. The van der Waals surface area contributed by atoms with Crippen LogP contribution in [0.5, 0.6) is 5.75 Å². The minimum absolute atomic E-state index is 0.0390. The number of ether oxygens (including phenoxy) is 1. The fourth-order valence-electron chi connectivity index (χ4n) is 2.42. The van der Waals surface area contributed by atoms with E-state index in [1.165, 1.54) is 11.3 Å². The molecule has 0 aliphatic heterocycles. The van der Waals surface area contributed by atoms with E-state index in [-0.39, 0.29) is 23.6 Å². The molecule has 0 fully saturated rings. The van der Waals surface area contributed by atoms with Gasteiger partial charge in [-0.05, 0) is 55.1 Å². The lowest BCUT2D eigenvalue weighted by Crippen LogP contribution is -2.39. The summed E-state index contributed by atoms with van der Waals surface area (Å²) in [4.78, 5) is 26.0. The Morgan fingerprint density at radius 3 is 2.54 bits per heavy atom. The molecule has 5 nitrogen and oxygen atoms in total. The largest absolute Gasteiger partial charge is 0.497 e. The van der Waals surface area contributed by atoms with Crippen LogP contribution in [0.3, 0.4) is 0 Å². The van der Waals surface area contributed by atoms with Gasteiger partial charge in [0, 0.05) is 16.5 Å². The average molecular weight is 372 g/mol. The quantitative estimate of drug-likeness (QED) is 0.692. The van der Waals surface area contributed by atoms with Crippen LogP contribution in [0.25, 0.3) is 6.08 Å². The standard InChI is InChI=1S/C20H24N2O3S/c1-4-6-14(2)21-20(24)18(13-17-7-5-12-26-17)22-19(23)15-8-10-16(25-3)11-9-15/h5,7-14H,4,6H2,1-3H3,(H,21,24)(H,22,23)/b18-13-/t14-/m1/s1. The Labute approximate surface area is 158 Å². The third-order valence-corrected chi connectivity index (χ3v) is 4.59. The fraction of sp³-hybridized carbons (Fsp3) is 0.300. The van der Waals surface area contributed by atoms with Crippen molar-refractivity contribution >= 4 is 29.2 Å². The Bertz CT molecular complexity index is 752. The molecule has 0 aliphatic carbocycles. The minimum atomic E-state index is -0.339. The summed E-state index contributed by atoms with van der Waals surface area (Å²) >= 11 is 1.50. The van der Waals surface area contributed by atoms with Crippen LogP contribution in [0.4, 0.5) is 0 Å². The van der Waals surface area contributed by atoms with E-state index in [9.17, 15) is 9.59 Å². The van der Waals surface area contributed by atoms with E-state index in [4.69, 9.17) is 4.74 Å². The van der Waals surface area contributed by atoms with Crippen molar-refractivity contribution in [2.24, 2.45) is 0 Å². The second-order valence-corrected chi connectivity index (χ2v) is 6.90. The van der Waals surface area contributed by atoms with Crippen molar-refractivity contribution in [1.82, 2.24) is 10.6 Å². The maximum Gasteiger partial charge on any atom is 0.268 e. The van der Waals surface area contributed by atoms with Gasteiger partial charge < -0.3 is 15.4 Å². The van der Waals surface area contributed by atoms with Gasteiger partial charge >= 0.3 is 0 Å². The second-order valence-electron chi connectivity index (χ2n) is 5.92. The van der Waals surface area contributed by atoms with E-state index in [1.807, 2.05) is 24.4 Å². The molecule has 6 heteroatoms. The predicted molar refractivity (Wildman–Crippen MR) is 105 cm³/mol. The molecule has 2 N–H and O–H groups in total. The molecule has 0 saturated carbocycles. The van der Waals surface area contributed by atoms with Crippen LogP contribution in [-0.4, -0.2) is 25.0 Å². The van der Waals surface area contributed by atoms with Gasteiger partial charge in [0.05, 0.1) is 7.11 Å². The number of carbonyl (C=O) groups excluding carboxylic acids is 2. The van der Waals surface area contributed by atoms with Crippen LogP contribution < -0.4 is 15.4 Å². The number of methoxy groups -OCH3 is 1. The van der Waals surface area contributed by atoms with Gasteiger partial charge in [0.15, 0.2) is 0 Å². The van der Waals surface area contributed by atoms with Gasteiger partial charge in [0.2, 0.25) is 0 Å². The van der Waals surface area contributed by atoms with Crippen molar-refractivity contribution in [2.75, 3.05) is 7.11 Å². The first-order valence-electron chi connectivity index (χ1n) is 8.55. The topological polar surface area (TPSA) is 67.4 Å². The van der Waals surface area contributed by atoms with E-state index >= 15 is 0 Å². The summed E-state index contributed by atoms with van der Waals surface area (Å²) in [6.07, 6.45) is 3.55. The number of nitrogens with one attached hydrogen (secondary N) is 2. The Hall–Kier alpha value is -2.60. The van der Waals surface area contributed by atoms with Gasteiger partial charge in [-0.3, -0.25) is 9.59 Å². The van der Waals surface area contributed by atoms with Crippen molar-refractivity contribution in [1.29, 1.82) is 0 Å². The SMILES string of the molecule is CCC[C@@H](C)NC(=O)/C(=C/c1cccs1)NC(=O)c1ccc(OC)cc1. The fourth-order valence-corrected chi connectivity index (χ4v) is 3.07. The molecular weight excluding hydrogens is 348 g/mol. The summed E-state index contributed by atoms with van der Waals surface area (Å²) in [6, 6.07) is 10.6. The number of amides is 2. The molecular formula is C20H24N2O3S. The summed E-state index contributed by atoms with van der Waals surface area (Å²) in [7, 11) is 1.57. The van der Waals surface area contributed by atoms with Crippen molar-refractivity contribution in [2.45, 2.75) is 32.7 Å². The molecule has 0 saturated heterocycles. The third-order valence-electron chi connectivity index (χ3n) is 3.77. The molecule has 138 valence electrons. The van der Waals surface area contributed by atoms with Crippen LogP contribution in [0.2, 0.25) is 0 Å². The maximum atomic E-state index is 12.6. The molecule has 26 heavy (non-hydrogen) atoms. The third kappa shape index (κ3) is 5.74. The average Bonchev–Trinajstić information content (AvgIpc) is 3.14. The van der Waals surface area contributed by atoms with Gasteiger partial charge in [0.1, 0.15) is 11.4 Å². The monoisotopic (exact) mass is 372 g/mol. The van der Waals surface area contributed by atoms with E-state index in [0.717, 1.165) is 17.7 Å². The Morgan fingerprint density at radius 1 is 1.23 bits per heavy atom. The van der Waals surface area contributed by atoms with Crippen LogP contribution >= 0.6 is 11.3 Å². The van der Waals surface area contributed by atoms with Gasteiger partial charge in [-0.1, -0.05) is 19.4 Å². The molecule has 0 bridgehead atoms. The van der Waals surface area contributed by atoms with Gasteiger partial charge in [0.25, 0.3) is 11.8 Å². The summed E-state index contributed by atoms with van der Waals surface area (Å²) in [5.74, 6) is 0.0389. The van der Waals surface area contributed by atoms with E-state index in [2.05, 4.69) is 17.6 Å². The van der Waals surface area contributed by atoms with Crippen molar-refractivity contribution < 1.29 is 14.3 Å². The lowest BCUT2D eigenvalue weighted by Gasteiger charge is -2.15. The van der Waals surface area contributed by atoms with Gasteiger partial charge in [-0.25, -0.2) is 0 Å².